The summed E-state index contributed by atoms with van der Waals surface area (Å²) in [5.41, 5.74) is 6.24. The van der Waals surface area contributed by atoms with Crippen LogP contribution in [0, 0.1) is 0 Å². The summed E-state index contributed by atoms with van der Waals surface area (Å²) in [5, 5.41) is 2.75. The van der Waals surface area contributed by atoms with Gasteiger partial charge in [-0.1, -0.05) is 6.07 Å². The first-order chi connectivity index (χ1) is 7.11. The van der Waals surface area contributed by atoms with E-state index in [0.29, 0.717) is 12.2 Å². The predicted molar refractivity (Wildman–Crippen MR) is 67.1 cm³/mol. The second kappa shape index (κ2) is 7.09. The topological polar surface area (TPSA) is 64.3 Å². The highest BCUT2D eigenvalue weighted by molar-refractivity contribution is 5.91. The van der Waals surface area contributed by atoms with E-state index in [1.54, 1.807) is 20.1 Å². The summed E-state index contributed by atoms with van der Waals surface area (Å²) < 4.78 is 5.04. The smallest absolute Gasteiger partial charge is 0.225 e. The van der Waals surface area contributed by atoms with Crippen LogP contribution in [0.2, 0.25) is 0 Å². The molecule has 1 unspecified atom stereocenters. The van der Waals surface area contributed by atoms with E-state index < -0.39 is 0 Å². The number of methoxy groups -OCH3 is 1. The predicted octanol–water partition coefficient (Wildman–Crippen LogP) is 1.79. The summed E-state index contributed by atoms with van der Waals surface area (Å²) in [6.45, 7) is 1.80. The minimum atomic E-state index is -0.129. The van der Waals surface area contributed by atoms with Gasteiger partial charge in [0.05, 0.1) is 7.11 Å². The number of carbonyl (C=O) groups excluding carboxylic acids is 1. The maximum Gasteiger partial charge on any atom is 0.225 e. The van der Waals surface area contributed by atoms with Gasteiger partial charge in [0.1, 0.15) is 5.75 Å². The van der Waals surface area contributed by atoms with Gasteiger partial charge in [0.2, 0.25) is 5.91 Å². The van der Waals surface area contributed by atoms with Crippen molar-refractivity contribution in [2.45, 2.75) is 19.4 Å². The zero-order valence-corrected chi connectivity index (χ0v) is 10.2. The Morgan fingerprint density at radius 2 is 2.25 bits per heavy atom. The number of rotatable bonds is 4. The first-order valence-electron chi connectivity index (χ1n) is 4.81. The van der Waals surface area contributed by atoms with E-state index in [9.17, 15) is 4.79 Å². The van der Waals surface area contributed by atoms with Crippen molar-refractivity contribution in [3.63, 3.8) is 0 Å². The second-order valence-corrected chi connectivity index (χ2v) is 3.46. The van der Waals surface area contributed by atoms with Gasteiger partial charge in [-0.25, -0.2) is 0 Å². The molecule has 90 valence electrons. The van der Waals surface area contributed by atoms with Crippen molar-refractivity contribution in [3.8, 4) is 5.75 Å². The number of carbonyl (C=O) groups is 1. The van der Waals surface area contributed by atoms with Crippen LogP contribution in [0.5, 0.6) is 5.75 Å². The molecule has 1 amide bonds. The molecule has 0 radical (unpaired) electrons. The fraction of sp³-hybridized carbons (Fsp3) is 0.364. The molecule has 0 aromatic heterocycles. The lowest BCUT2D eigenvalue weighted by Crippen LogP contribution is -2.23. The van der Waals surface area contributed by atoms with Crippen LogP contribution in [-0.2, 0) is 4.79 Å². The Morgan fingerprint density at radius 3 is 2.81 bits per heavy atom. The molecule has 5 heteroatoms. The maximum atomic E-state index is 11.4. The van der Waals surface area contributed by atoms with Crippen molar-refractivity contribution in [2.24, 2.45) is 5.73 Å². The Labute approximate surface area is 102 Å². The molecule has 0 aliphatic rings. The van der Waals surface area contributed by atoms with Crippen LogP contribution in [0.4, 0.5) is 5.69 Å². The van der Waals surface area contributed by atoms with Crippen molar-refractivity contribution >= 4 is 24.0 Å². The van der Waals surface area contributed by atoms with Crippen LogP contribution >= 0.6 is 12.4 Å². The lowest BCUT2D eigenvalue weighted by atomic mass is 10.2. The highest BCUT2D eigenvalue weighted by atomic mass is 35.5. The lowest BCUT2D eigenvalue weighted by Gasteiger charge is -2.08. The fourth-order valence-electron chi connectivity index (χ4n) is 1.21. The Balaban J connectivity index is 0.00000225. The van der Waals surface area contributed by atoms with Crippen molar-refractivity contribution < 1.29 is 9.53 Å². The number of benzene rings is 1. The summed E-state index contributed by atoms with van der Waals surface area (Å²) in [6, 6.07) is 7.08. The van der Waals surface area contributed by atoms with E-state index in [-0.39, 0.29) is 24.4 Å². The Kier molecular flexibility index (Phi) is 6.53. The third-order valence-corrected chi connectivity index (χ3v) is 1.86. The van der Waals surface area contributed by atoms with Crippen molar-refractivity contribution in [2.75, 3.05) is 12.4 Å². The van der Waals surface area contributed by atoms with Gasteiger partial charge < -0.3 is 15.8 Å². The molecular weight excluding hydrogens is 228 g/mol. The number of ether oxygens (including phenoxy) is 1. The Morgan fingerprint density at radius 1 is 1.56 bits per heavy atom. The number of anilines is 1. The summed E-state index contributed by atoms with van der Waals surface area (Å²) in [5.74, 6) is 0.631. The second-order valence-electron chi connectivity index (χ2n) is 3.46. The highest BCUT2D eigenvalue weighted by Gasteiger charge is 2.05. The summed E-state index contributed by atoms with van der Waals surface area (Å²) in [7, 11) is 1.59. The normalized spacial score (nSPS) is 11.2. The van der Waals surface area contributed by atoms with E-state index in [0.717, 1.165) is 5.69 Å². The fourth-order valence-corrected chi connectivity index (χ4v) is 1.21. The van der Waals surface area contributed by atoms with Crippen molar-refractivity contribution in [3.05, 3.63) is 24.3 Å². The summed E-state index contributed by atoms with van der Waals surface area (Å²) in [4.78, 5) is 11.4. The quantitative estimate of drug-likeness (QED) is 0.849. The molecule has 0 bridgehead atoms. The molecule has 16 heavy (non-hydrogen) atoms. The average Bonchev–Trinajstić information content (AvgIpc) is 2.16. The number of halogens is 1. The first kappa shape index (κ1) is 14.7. The molecule has 0 fully saturated rings. The lowest BCUT2D eigenvalue weighted by molar-refractivity contribution is -0.116. The highest BCUT2D eigenvalue weighted by Crippen LogP contribution is 2.16. The van der Waals surface area contributed by atoms with Crippen LogP contribution in [0.25, 0.3) is 0 Å². The molecule has 0 heterocycles. The van der Waals surface area contributed by atoms with Gasteiger partial charge in [-0.15, -0.1) is 12.4 Å². The van der Waals surface area contributed by atoms with Crippen LogP contribution < -0.4 is 15.8 Å². The van der Waals surface area contributed by atoms with Gasteiger partial charge >= 0.3 is 0 Å². The van der Waals surface area contributed by atoms with E-state index >= 15 is 0 Å². The van der Waals surface area contributed by atoms with E-state index in [1.165, 1.54) is 0 Å². The van der Waals surface area contributed by atoms with E-state index in [1.807, 2.05) is 18.2 Å². The van der Waals surface area contributed by atoms with Crippen LogP contribution in [0.1, 0.15) is 13.3 Å². The Bertz CT molecular complexity index is 343. The number of nitrogens with two attached hydrogens (primary N) is 1. The third kappa shape index (κ3) is 5.00. The minimum Gasteiger partial charge on any atom is -0.497 e. The molecule has 1 rings (SSSR count). The van der Waals surface area contributed by atoms with Gasteiger partial charge in [-0.2, -0.15) is 0 Å². The van der Waals surface area contributed by atoms with Gasteiger partial charge in [-0.05, 0) is 19.1 Å². The molecule has 1 atom stereocenters. The van der Waals surface area contributed by atoms with Crippen molar-refractivity contribution in [1.29, 1.82) is 0 Å². The maximum absolute atomic E-state index is 11.4. The zero-order chi connectivity index (χ0) is 11.3. The molecule has 0 aliphatic heterocycles. The average molecular weight is 245 g/mol. The zero-order valence-electron chi connectivity index (χ0n) is 9.40. The standard InChI is InChI=1S/C11H16N2O2.ClH/c1-8(12)6-11(14)13-9-4-3-5-10(7-9)15-2;/h3-5,7-8H,6,12H2,1-2H3,(H,13,14);1H. The van der Waals surface area contributed by atoms with Gasteiger partial charge in [0.15, 0.2) is 0 Å². The van der Waals surface area contributed by atoms with Crippen molar-refractivity contribution in [1.82, 2.24) is 0 Å². The molecule has 0 saturated heterocycles. The molecule has 4 nitrogen and oxygen atoms in total. The molecule has 0 saturated carbocycles. The minimum absolute atomic E-state index is 0. The summed E-state index contributed by atoms with van der Waals surface area (Å²) in [6.07, 6.45) is 0.317. The molecule has 0 spiro atoms. The monoisotopic (exact) mass is 244 g/mol. The molecular formula is C11H17ClN2O2. The number of hydrogen-bond acceptors (Lipinski definition) is 3. The number of nitrogens with one attached hydrogen (secondary N) is 1. The largest absolute Gasteiger partial charge is 0.497 e. The van der Waals surface area contributed by atoms with Crippen LogP contribution in [-0.4, -0.2) is 19.1 Å². The molecule has 1 aromatic rings. The van der Waals surface area contributed by atoms with Crippen LogP contribution in [0.15, 0.2) is 24.3 Å². The van der Waals surface area contributed by atoms with E-state index in [2.05, 4.69) is 5.32 Å². The van der Waals surface area contributed by atoms with Gasteiger partial charge in [0, 0.05) is 24.2 Å². The summed E-state index contributed by atoms with van der Waals surface area (Å²) >= 11 is 0. The third-order valence-electron chi connectivity index (χ3n) is 1.86. The molecule has 1 aromatic carbocycles. The SMILES string of the molecule is COc1cccc(NC(=O)CC(C)N)c1.Cl. The Hall–Kier alpha value is -1.26. The molecule has 3 N–H and O–H groups in total. The van der Waals surface area contributed by atoms with Crippen LogP contribution in [0.3, 0.4) is 0 Å². The molecule has 0 aliphatic carbocycles. The van der Waals surface area contributed by atoms with E-state index in [4.69, 9.17) is 10.5 Å². The first-order valence-corrected chi connectivity index (χ1v) is 4.81. The van der Waals surface area contributed by atoms with Gasteiger partial charge in [-0.3, -0.25) is 4.79 Å². The van der Waals surface area contributed by atoms with Gasteiger partial charge in [0.25, 0.3) is 0 Å². The number of amides is 1. The number of hydrogen-bond donors (Lipinski definition) is 2.